The maximum Gasteiger partial charge on any atom is 0.253 e. The number of nitrogens with one attached hydrogen (secondary N) is 2. The summed E-state index contributed by atoms with van der Waals surface area (Å²) in [7, 11) is 3.09. The molecule has 0 saturated heterocycles. The fourth-order valence-electron chi connectivity index (χ4n) is 2.86. The van der Waals surface area contributed by atoms with Crippen LogP contribution in [0.25, 0.3) is 0 Å². The van der Waals surface area contributed by atoms with E-state index in [4.69, 9.17) is 4.74 Å². The highest BCUT2D eigenvalue weighted by atomic mass is 16.5. The summed E-state index contributed by atoms with van der Waals surface area (Å²) in [5.41, 5.74) is 2.07. The third-order valence-corrected chi connectivity index (χ3v) is 4.31. The minimum atomic E-state index is -0.264. The first-order valence-corrected chi connectivity index (χ1v) is 7.90. The second-order valence-electron chi connectivity index (χ2n) is 5.84. The van der Waals surface area contributed by atoms with Gasteiger partial charge in [-0.15, -0.1) is 0 Å². The predicted molar refractivity (Wildman–Crippen MR) is 92.3 cm³/mol. The molecule has 0 spiro atoms. The molecule has 2 N–H and O–H groups in total. The van der Waals surface area contributed by atoms with E-state index in [0.29, 0.717) is 17.0 Å². The van der Waals surface area contributed by atoms with Crippen molar-refractivity contribution in [2.45, 2.75) is 12.3 Å². The lowest BCUT2D eigenvalue weighted by Crippen LogP contribution is -2.22. The average Bonchev–Trinajstić information content (AvgIpc) is 3.43. The summed E-state index contributed by atoms with van der Waals surface area (Å²) in [5.74, 6) is 0.457. The van der Waals surface area contributed by atoms with E-state index in [0.717, 1.165) is 6.42 Å². The maximum atomic E-state index is 12.5. The first kappa shape index (κ1) is 16.1. The van der Waals surface area contributed by atoms with Crippen LogP contribution >= 0.6 is 0 Å². The Balaban J connectivity index is 1.74. The van der Waals surface area contributed by atoms with E-state index < -0.39 is 0 Å². The van der Waals surface area contributed by atoms with Crippen LogP contribution in [0.1, 0.15) is 28.3 Å². The topological polar surface area (TPSA) is 67.4 Å². The van der Waals surface area contributed by atoms with Gasteiger partial charge in [0.05, 0.1) is 18.4 Å². The van der Waals surface area contributed by atoms with Gasteiger partial charge in [-0.3, -0.25) is 9.59 Å². The van der Waals surface area contributed by atoms with Gasteiger partial charge in [0.15, 0.2) is 0 Å². The number of carbonyl (C=O) groups excluding carboxylic acids is 2. The molecule has 1 aliphatic rings. The lowest BCUT2D eigenvalue weighted by molar-refractivity contribution is -0.117. The van der Waals surface area contributed by atoms with E-state index in [1.165, 1.54) is 12.7 Å². The van der Waals surface area contributed by atoms with Gasteiger partial charge in [0.1, 0.15) is 5.75 Å². The summed E-state index contributed by atoms with van der Waals surface area (Å²) in [6.45, 7) is 0. The third kappa shape index (κ3) is 3.25. The first-order valence-electron chi connectivity index (χ1n) is 7.90. The molecule has 2 atom stereocenters. The van der Waals surface area contributed by atoms with Crippen LogP contribution in [0, 0.1) is 5.92 Å². The van der Waals surface area contributed by atoms with Crippen molar-refractivity contribution in [3.05, 3.63) is 59.7 Å². The maximum absolute atomic E-state index is 12.5. The van der Waals surface area contributed by atoms with Crippen LogP contribution in [0.4, 0.5) is 5.69 Å². The molecule has 1 aliphatic carbocycles. The first-order chi connectivity index (χ1) is 11.6. The summed E-state index contributed by atoms with van der Waals surface area (Å²) >= 11 is 0. The number of carbonyl (C=O) groups is 2. The molecule has 0 unspecified atom stereocenters. The van der Waals surface area contributed by atoms with Gasteiger partial charge in [-0.05, 0) is 36.1 Å². The molecule has 0 radical (unpaired) electrons. The number of rotatable bonds is 5. The average molecular weight is 324 g/mol. The quantitative estimate of drug-likeness (QED) is 0.889. The lowest BCUT2D eigenvalue weighted by Gasteiger charge is -2.12. The number of methoxy groups -OCH3 is 1. The molecule has 2 amide bonds. The van der Waals surface area contributed by atoms with E-state index in [1.54, 1.807) is 25.2 Å². The molecule has 2 aromatic rings. The van der Waals surface area contributed by atoms with Gasteiger partial charge in [0, 0.05) is 13.0 Å². The van der Waals surface area contributed by atoms with E-state index in [1.807, 2.05) is 30.3 Å². The Morgan fingerprint density at radius 1 is 1.12 bits per heavy atom. The molecule has 3 rings (SSSR count). The fraction of sp³-hybridized carbons (Fsp3) is 0.263. The van der Waals surface area contributed by atoms with E-state index in [9.17, 15) is 9.59 Å². The molecule has 1 fully saturated rings. The van der Waals surface area contributed by atoms with E-state index in [-0.39, 0.29) is 23.7 Å². The van der Waals surface area contributed by atoms with Crippen LogP contribution in [-0.2, 0) is 4.79 Å². The number of amides is 2. The van der Waals surface area contributed by atoms with Crippen molar-refractivity contribution in [3.8, 4) is 5.75 Å². The van der Waals surface area contributed by atoms with Crippen LogP contribution in [0.2, 0.25) is 0 Å². The number of ether oxygens (including phenoxy) is 1. The van der Waals surface area contributed by atoms with Crippen molar-refractivity contribution >= 4 is 17.5 Å². The molecule has 0 heterocycles. The van der Waals surface area contributed by atoms with Crippen molar-refractivity contribution in [1.29, 1.82) is 0 Å². The Labute approximate surface area is 141 Å². The highest BCUT2D eigenvalue weighted by molar-refractivity contribution is 6.05. The Kier molecular flexibility index (Phi) is 4.51. The van der Waals surface area contributed by atoms with Gasteiger partial charge in [-0.25, -0.2) is 0 Å². The Morgan fingerprint density at radius 3 is 2.54 bits per heavy atom. The van der Waals surface area contributed by atoms with Gasteiger partial charge < -0.3 is 15.4 Å². The van der Waals surface area contributed by atoms with Gasteiger partial charge in [-0.1, -0.05) is 30.3 Å². The molecule has 0 aromatic heterocycles. The van der Waals surface area contributed by atoms with E-state index in [2.05, 4.69) is 10.6 Å². The smallest absolute Gasteiger partial charge is 0.253 e. The highest BCUT2D eigenvalue weighted by Crippen LogP contribution is 2.48. The van der Waals surface area contributed by atoms with Crippen LogP contribution in [-0.4, -0.2) is 26.0 Å². The monoisotopic (exact) mass is 324 g/mol. The Bertz CT molecular complexity index is 758. The lowest BCUT2D eigenvalue weighted by atomic mass is 10.1. The Hall–Kier alpha value is -2.82. The van der Waals surface area contributed by atoms with Crippen molar-refractivity contribution in [2.75, 3.05) is 19.5 Å². The van der Waals surface area contributed by atoms with Crippen LogP contribution < -0.4 is 15.4 Å². The third-order valence-electron chi connectivity index (χ3n) is 4.31. The summed E-state index contributed by atoms with van der Waals surface area (Å²) in [6, 6.07) is 15.1. The van der Waals surface area contributed by atoms with Crippen molar-refractivity contribution in [1.82, 2.24) is 5.32 Å². The summed E-state index contributed by atoms with van der Waals surface area (Å²) < 4.78 is 5.15. The van der Waals surface area contributed by atoms with Crippen molar-refractivity contribution < 1.29 is 14.3 Å². The summed E-state index contributed by atoms with van der Waals surface area (Å²) in [5, 5.41) is 5.46. The van der Waals surface area contributed by atoms with Crippen molar-refractivity contribution in [3.63, 3.8) is 0 Å². The van der Waals surface area contributed by atoms with Gasteiger partial charge in [0.25, 0.3) is 5.91 Å². The van der Waals surface area contributed by atoms with Gasteiger partial charge in [-0.2, -0.15) is 0 Å². The molecule has 24 heavy (non-hydrogen) atoms. The number of benzene rings is 2. The van der Waals surface area contributed by atoms with Gasteiger partial charge in [0.2, 0.25) is 5.91 Å². The predicted octanol–water partition coefficient (Wildman–Crippen LogP) is 2.80. The van der Waals surface area contributed by atoms with Crippen LogP contribution in [0.15, 0.2) is 48.5 Å². The fourth-order valence-corrected chi connectivity index (χ4v) is 2.86. The van der Waals surface area contributed by atoms with Crippen molar-refractivity contribution in [2.24, 2.45) is 5.92 Å². The molecule has 124 valence electrons. The standard InChI is InChI=1S/C19H20N2O3/c1-20-18(22)16-10-13(24-2)8-9-17(16)21-19(23)15-11-14(15)12-6-4-3-5-7-12/h3-10,14-15H,11H2,1-2H3,(H,20,22)(H,21,23)/t14-,15-/m0/s1. The molecule has 0 bridgehead atoms. The zero-order valence-corrected chi connectivity index (χ0v) is 13.7. The largest absolute Gasteiger partial charge is 0.497 e. The normalized spacial score (nSPS) is 18.6. The molecular formula is C19H20N2O3. The number of hydrogen-bond donors (Lipinski definition) is 2. The highest BCUT2D eigenvalue weighted by Gasteiger charge is 2.44. The van der Waals surface area contributed by atoms with E-state index >= 15 is 0 Å². The van der Waals surface area contributed by atoms with Crippen LogP contribution in [0.5, 0.6) is 5.75 Å². The minimum Gasteiger partial charge on any atom is -0.497 e. The van der Waals surface area contributed by atoms with Crippen LogP contribution in [0.3, 0.4) is 0 Å². The molecule has 2 aromatic carbocycles. The molecule has 5 heteroatoms. The molecule has 5 nitrogen and oxygen atoms in total. The number of hydrogen-bond acceptors (Lipinski definition) is 3. The minimum absolute atomic E-state index is 0.0490. The zero-order valence-electron chi connectivity index (χ0n) is 13.7. The Morgan fingerprint density at radius 2 is 1.88 bits per heavy atom. The molecular weight excluding hydrogens is 304 g/mol. The number of anilines is 1. The second kappa shape index (κ2) is 6.74. The van der Waals surface area contributed by atoms with Gasteiger partial charge >= 0.3 is 0 Å². The molecule has 1 saturated carbocycles. The second-order valence-corrected chi connectivity index (χ2v) is 5.84. The SMILES string of the molecule is CNC(=O)c1cc(OC)ccc1NC(=O)[C@H]1C[C@H]1c1ccccc1. The summed E-state index contributed by atoms with van der Waals surface area (Å²) in [4.78, 5) is 24.5. The zero-order chi connectivity index (χ0) is 17.1. The molecule has 0 aliphatic heterocycles. The summed E-state index contributed by atoms with van der Waals surface area (Å²) in [6.07, 6.45) is 0.835.